The summed E-state index contributed by atoms with van der Waals surface area (Å²) in [5.41, 5.74) is 2.91. The van der Waals surface area contributed by atoms with Gasteiger partial charge < -0.3 is 15.1 Å². The Morgan fingerprint density at radius 2 is 2.04 bits per heavy atom. The predicted octanol–water partition coefficient (Wildman–Crippen LogP) is 2.73. The maximum atomic E-state index is 12.9. The van der Waals surface area contributed by atoms with Crippen LogP contribution in [0, 0.1) is 6.92 Å². The molecular weight excluding hydrogens is 362 g/mol. The van der Waals surface area contributed by atoms with Gasteiger partial charge in [-0.25, -0.2) is 0 Å². The smallest absolute Gasteiger partial charge is 0.274 e. The fraction of sp³-hybridized carbons (Fsp3) is 0.500. The summed E-state index contributed by atoms with van der Waals surface area (Å²) in [6, 6.07) is 8.17. The molecular formula is C20H26ClN5O. The lowest BCUT2D eigenvalue weighted by Gasteiger charge is -2.36. The van der Waals surface area contributed by atoms with Gasteiger partial charge in [0.2, 0.25) is 0 Å². The SMILES string of the molecule is Cc1ccc(Cl)cc1N1CCN(C(=O)c2ccn(C3CCCNC3)n2)CC1. The van der Waals surface area contributed by atoms with E-state index in [4.69, 9.17) is 11.6 Å². The summed E-state index contributed by atoms with van der Waals surface area (Å²) in [5.74, 6) is 0.0278. The second-order valence-electron chi connectivity index (χ2n) is 7.39. The number of benzene rings is 1. The van der Waals surface area contributed by atoms with Gasteiger partial charge in [-0.2, -0.15) is 5.10 Å². The molecule has 0 radical (unpaired) electrons. The highest BCUT2D eigenvalue weighted by Gasteiger charge is 2.25. The van der Waals surface area contributed by atoms with E-state index in [0.717, 1.165) is 49.7 Å². The molecule has 1 unspecified atom stereocenters. The molecule has 1 N–H and O–H groups in total. The van der Waals surface area contributed by atoms with Crippen molar-refractivity contribution >= 4 is 23.2 Å². The zero-order valence-electron chi connectivity index (χ0n) is 15.7. The van der Waals surface area contributed by atoms with Gasteiger partial charge in [0.15, 0.2) is 0 Å². The molecule has 1 atom stereocenters. The number of carbonyl (C=O) groups is 1. The molecule has 0 saturated carbocycles. The van der Waals surface area contributed by atoms with Crippen LogP contribution < -0.4 is 10.2 Å². The fourth-order valence-corrected chi connectivity index (χ4v) is 4.12. The molecule has 27 heavy (non-hydrogen) atoms. The normalized spacial score (nSPS) is 20.7. The molecule has 0 aliphatic carbocycles. The summed E-state index contributed by atoms with van der Waals surface area (Å²) in [4.78, 5) is 17.1. The molecule has 2 saturated heterocycles. The van der Waals surface area contributed by atoms with E-state index >= 15 is 0 Å². The number of aromatic nitrogens is 2. The molecule has 1 amide bonds. The molecule has 7 heteroatoms. The first-order chi connectivity index (χ1) is 13.1. The van der Waals surface area contributed by atoms with Gasteiger partial charge in [0.1, 0.15) is 5.69 Å². The molecule has 3 heterocycles. The Morgan fingerprint density at radius 3 is 2.78 bits per heavy atom. The minimum Gasteiger partial charge on any atom is -0.368 e. The Kier molecular flexibility index (Phi) is 5.36. The number of piperidine rings is 1. The van der Waals surface area contributed by atoms with Crippen LogP contribution in [0.15, 0.2) is 30.5 Å². The van der Waals surface area contributed by atoms with E-state index in [1.807, 2.05) is 40.0 Å². The van der Waals surface area contributed by atoms with Crippen LogP contribution in [0.5, 0.6) is 0 Å². The predicted molar refractivity (Wildman–Crippen MR) is 108 cm³/mol. The summed E-state index contributed by atoms with van der Waals surface area (Å²) in [7, 11) is 0. The second-order valence-corrected chi connectivity index (χ2v) is 7.83. The van der Waals surface area contributed by atoms with Crippen LogP contribution in [0.3, 0.4) is 0 Å². The largest absolute Gasteiger partial charge is 0.368 e. The molecule has 1 aromatic carbocycles. The van der Waals surface area contributed by atoms with Gasteiger partial charge in [-0.05, 0) is 50.1 Å². The number of piperazine rings is 1. The Labute approximate surface area is 165 Å². The van der Waals surface area contributed by atoms with E-state index in [1.54, 1.807) is 0 Å². The number of rotatable bonds is 3. The van der Waals surface area contributed by atoms with Crippen molar-refractivity contribution in [1.82, 2.24) is 20.0 Å². The van der Waals surface area contributed by atoms with Crippen LogP contribution in [-0.4, -0.2) is 59.9 Å². The van der Waals surface area contributed by atoms with Gasteiger partial charge in [-0.3, -0.25) is 9.48 Å². The number of nitrogens with zero attached hydrogens (tertiary/aromatic N) is 4. The topological polar surface area (TPSA) is 53.4 Å². The number of aryl methyl sites for hydroxylation is 1. The van der Waals surface area contributed by atoms with Gasteiger partial charge in [0, 0.05) is 49.6 Å². The van der Waals surface area contributed by atoms with Crippen molar-refractivity contribution < 1.29 is 4.79 Å². The van der Waals surface area contributed by atoms with E-state index in [1.165, 1.54) is 5.56 Å². The Hall–Kier alpha value is -2.05. The third kappa shape index (κ3) is 3.96. The molecule has 6 nitrogen and oxygen atoms in total. The lowest BCUT2D eigenvalue weighted by Crippen LogP contribution is -2.49. The number of halogens is 1. The summed E-state index contributed by atoms with van der Waals surface area (Å²) >= 11 is 6.16. The fourth-order valence-electron chi connectivity index (χ4n) is 3.95. The van der Waals surface area contributed by atoms with Crippen molar-refractivity contribution in [3.05, 3.63) is 46.7 Å². The van der Waals surface area contributed by atoms with Crippen molar-refractivity contribution in [2.45, 2.75) is 25.8 Å². The molecule has 1 aromatic heterocycles. The zero-order chi connectivity index (χ0) is 18.8. The summed E-state index contributed by atoms with van der Waals surface area (Å²) < 4.78 is 1.95. The number of amides is 1. The molecule has 2 aliphatic heterocycles. The first-order valence-electron chi connectivity index (χ1n) is 9.68. The van der Waals surface area contributed by atoms with Crippen LogP contribution >= 0.6 is 11.6 Å². The molecule has 4 rings (SSSR count). The number of carbonyl (C=O) groups excluding carboxylic acids is 1. The van der Waals surface area contributed by atoms with Crippen LogP contribution in [0.2, 0.25) is 5.02 Å². The second kappa shape index (κ2) is 7.90. The third-order valence-corrected chi connectivity index (χ3v) is 5.79. The lowest BCUT2D eigenvalue weighted by atomic mass is 10.1. The van der Waals surface area contributed by atoms with Gasteiger partial charge >= 0.3 is 0 Å². The maximum absolute atomic E-state index is 12.9. The highest BCUT2D eigenvalue weighted by Crippen LogP contribution is 2.25. The number of anilines is 1. The van der Waals surface area contributed by atoms with Crippen molar-refractivity contribution in [1.29, 1.82) is 0 Å². The molecule has 2 aliphatic rings. The third-order valence-electron chi connectivity index (χ3n) is 5.55. The average molecular weight is 388 g/mol. The summed E-state index contributed by atoms with van der Waals surface area (Å²) in [5, 5.41) is 8.71. The first-order valence-corrected chi connectivity index (χ1v) is 10.1. The summed E-state index contributed by atoms with van der Waals surface area (Å²) in [6.45, 7) is 7.09. The van der Waals surface area contributed by atoms with E-state index in [-0.39, 0.29) is 5.91 Å². The average Bonchev–Trinajstić information content (AvgIpc) is 3.20. The number of hydrogen-bond donors (Lipinski definition) is 1. The van der Waals surface area contributed by atoms with Crippen molar-refractivity contribution in [2.24, 2.45) is 0 Å². The Bertz CT molecular complexity index is 806. The van der Waals surface area contributed by atoms with Crippen LogP contribution in [0.25, 0.3) is 0 Å². The molecule has 2 aromatic rings. The first kappa shape index (κ1) is 18.3. The van der Waals surface area contributed by atoms with E-state index < -0.39 is 0 Å². The van der Waals surface area contributed by atoms with Gasteiger partial charge in [0.25, 0.3) is 5.91 Å². The number of hydrogen-bond acceptors (Lipinski definition) is 4. The van der Waals surface area contributed by atoms with Gasteiger partial charge in [-0.1, -0.05) is 17.7 Å². The Balaban J connectivity index is 1.38. The van der Waals surface area contributed by atoms with E-state index in [0.29, 0.717) is 24.8 Å². The van der Waals surface area contributed by atoms with Crippen LogP contribution in [0.4, 0.5) is 5.69 Å². The lowest BCUT2D eigenvalue weighted by molar-refractivity contribution is 0.0739. The van der Waals surface area contributed by atoms with Gasteiger partial charge in [0.05, 0.1) is 6.04 Å². The van der Waals surface area contributed by atoms with Crippen molar-refractivity contribution in [3.63, 3.8) is 0 Å². The summed E-state index contributed by atoms with van der Waals surface area (Å²) in [6.07, 6.45) is 4.20. The number of nitrogens with one attached hydrogen (secondary N) is 1. The van der Waals surface area contributed by atoms with E-state index in [2.05, 4.69) is 22.2 Å². The molecule has 0 spiro atoms. The minimum absolute atomic E-state index is 0.0278. The van der Waals surface area contributed by atoms with Crippen molar-refractivity contribution in [3.8, 4) is 0 Å². The zero-order valence-corrected chi connectivity index (χ0v) is 16.5. The van der Waals surface area contributed by atoms with Crippen LogP contribution in [-0.2, 0) is 0 Å². The monoisotopic (exact) mass is 387 g/mol. The molecule has 0 bridgehead atoms. The minimum atomic E-state index is 0.0278. The molecule has 2 fully saturated rings. The Morgan fingerprint density at radius 1 is 1.22 bits per heavy atom. The van der Waals surface area contributed by atoms with E-state index in [9.17, 15) is 4.79 Å². The highest BCUT2D eigenvalue weighted by molar-refractivity contribution is 6.30. The van der Waals surface area contributed by atoms with Gasteiger partial charge in [-0.15, -0.1) is 0 Å². The quantitative estimate of drug-likeness (QED) is 0.879. The van der Waals surface area contributed by atoms with Crippen LogP contribution in [0.1, 0.15) is 34.9 Å². The highest BCUT2D eigenvalue weighted by atomic mass is 35.5. The standard InChI is InChI=1S/C20H26ClN5O/c1-15-4-5-16(21)13-19(15)24-9-11-25(12-10-24)20(27)18-6-8-26(23-18)17-3-2-7-22-14-17/h4-6,8,13,17,22H,2-3,7,9-12,14H2,1H3. The van der Waals surface area contributed by atoms with Crippen molar-refractivity contribution in [2.75, 3.05) is 44.2 Å². The maximum Gasteiger partial charge on any atom is 0.274 e. The molecule has 144 valence electrons.